The van der Waals surface area contributed by atoms with Crippen molar-refractivity contribution < 1.29 is 4.79 Å². The van der Waals surface area contributed by atoms with Gasteiger partial charge in [-0.3, -0.25) is 9.78 Å². The van der Waals surface area contributed by atoms with Crippen LogP contribution in [0.15, 0.2) is 48.7 Å². The average molecular weight is 336 g/mol. The van der Waals surface area contributed by atoms with Gasteiger partial charge in [-0.1, -0.05) is 18.2 Å². The van der Waals surface area contributed by atoms with Gasteiger partial charge in [0.15, 0.2) is 0 Å². The minimum Gasteiger partial charge on any atom is -0.346 e. The largest absolute Gasteiger partial charge is 0.346 e. The number of hydrogen-bond donors (Lipinski definition) is 1. The summed E-state index contributed by atoms with van der Waals surface area (Å²) in [5, 5.41) is 3.09. The number of carbonyl (C=O) groups is 1. The molecule has 25 heavy (non-hydrogen) atoms. The zero-order valence-electron chi connectivity index (χ0n) is 15.1. The van der Waals surface area contributed by atoms with E-state index in [-0.39, 0.29) is 23.9 Å². The Morgan fingerprint density at radius 1 is 1.04 bits per heavy atom. The summed E-state index contributed by atoms with van der Waals surface area (Å²) in [6, 6.07) is 13.8. The molecule has 130 valence electrons. The predicted molar refractivity (Wildman–Crippen MR) is 99.3 cm³/mol. The first-order valence-corrected chi connectivity index (χ1v) is 8.67. The van der Waals surface area contributed by atoms with Gasteiger partial charge in [-0.25, -0.2) is 4.98 Å². The van der Waals surface area contributed by atoms with E-state index >= 15 is 0 Å². The number of benzene rings is 1. The van der Waals surface area contributed by atoms with Crippen LogP contribution in [0.1, 0.15) is 57.2 Å². The molecule has 0 saturated heterocycles. The summed E-state index contributed by atoms with van der Waals surface area (Å²) < 4.78 is 2.19. The Hall–Kier alpha value is -2.69. The molecule has 1 amide bonds. The number of nitrogens with zero attached hydrogens (tertiary/aromatic N) is 3. The highest BCUT2D eigenvalue weighted by molar-refractivity contribution is 5.83. The molecule has 0 unspecified atom stereocenters. The highest BCUT2D eigenvalue weighted by Crippen LogP contribution is 2.25. The zero-order chi connectivity index (χ0) is 18.0. The molecule has 0 aliphatic heterocycles. The van der Waals surface area contributed by atoms with Gasteiger partial charge < -0.3 is 9.88 Å². The normalized spacial score (nSPS) is 13.8. The van der Waals surface area contributed by atoms with Crippen LogP contribution < -0.4 is 5.32 Å². The van der Waals surface area contributed by atoms with Gasteiger partial charge in [0.25, 0.3) is 0 Å². The maximum Gasteiger partial charge on any atom is 0.229 e. The van der Waals surface area contributed by atoms with Crippen LogP contribution in [0.3, 0.4) is 0 Å². The SMILES string of the molecule is CC(C)n1c([C@@H](C)NC(=O)[C@H](C)c2ccccn2)nc2ccccc21. The minimum absolute atomic E-state index is 0.0476. The molecule has 3 rings (SSSR count). The zero-order valence-corrected chi connectivity index (χ0v) is 15.1. The number of carbonyl (C=O) groups excluding carboxylic acids is 1. The van der Waals surface area contributed by atoms with Crippen molar-refractivity contribution in [2.75, 3.05) is 0 Å². The van der Waals surface area contributed by atoms with Crippen LogP contribution >= 0.6 is 0 Å². The first kappa shape index (κ1) is 17.1. The lowest BCUT2D eigenvalue weighted by atomic mass is 10.1. The molecule has 5 heteroatoms. The van der Waals surface area contributed by atoms with Gasteiger partial charge in [-0.2, -0.15) is 0 Å². The average Bonchev–Trinajstić information content (AvgIpc) is 3.01. The lowest BCUT2D eigenvalue weighted by Gasteiger charge is -2.20. The van der Waals surface area contributed by atoms with E-state index in [1.165, 1.54) is 0 Å². The molecule has 2 aromatic heterocycles. The fourth-order valence-electron chi connectivity index (χ4n) is 3.08. The van der Waals surface area contributed by atoms with E-state index in [1.54, 1.807) is 6.20 Å². The standard InChI is InChI=1S/C20H24N4O/c1-13(2)24-18-11-6-5-10-17(18)23-19(24)15(4)22-20(25)14(3)16-9-7-8-12-21-16/h5-15H,1-4H3,(H,22,25)/t14-,15-/m1/s1. The fourth-order valence-corrected chi connectivity index (χ4v) is 3.08. The molecule has 0 fully saturated rings. The number of para-hydroxylation sites is 2. The molecule has 1 N–H and O–H groups in total. The number of rotatable bonds is 5. The van der Waals surface area contributed by atoms with Gasteiger partial charge in [0.05, 0.1) is 28.7 Å². The quantitative estimate of drug-likeness (QED) is 0.766. The lowest BCUT2D eigenvalue weighted by Crippen LogP contribution is -2.32. The van der Waals surface area contributed by atoms with Crippen molar-refractivity contribution in [2.24, 2.45) is 0 Å². The van der Waals surface area contributed by atoms with Gasteiger partial charge in [-0.15, -0.1) is 0 Å². The smallest absolute Gasteiger partial charge is 0.229 e. The van der Waals surface area contributed by atoms with Crippen molar-refractivity contribution in [1.82, 2.24) is 19.9 Å². The third kappa shape index (κ3) is 3.40. The molecule has 0 radical (unpaired) electrons. The Balaban J connectivity index is 1.86. The Labute approximate surface area is 148 Å². The Kier molecular flexibility index (Phi) is 4.83. The molecular weight excluding hydrogens is 312 g/mol. The molecule has 0 spiro atoms. The lowest BCUT2D eigenvalue weighted by molar-refractivity contribution is -0.123. The summed E-state index contributed by atoms with van der Waals surface area (Å²) in [6.07, 6.45) is 1.71. The maximum absolute atomic E-state index is 12.6. The van der Waals surface area contributed by atoms with Crippen molar-refractivity contribution in [3.05, 3.63) is 60.2 Å². The van der Waals surface area contributed by atoms with Crippen molar-refractivity contribution >= 4 is 16.9 Å². The third-order valence-electron chi connectivity index (χ3n) is 4.41. The van der Waals surface area contributed by atoms with Crippen LogP contribution in [-0.4, -0.2) is 20.4 Å². The summed E-state index contributed by atoms with van der Waals surface area (Å²) >= 11 is 0. The van der Waals surface area contributed by atoms with E-state index < -0.39 is 0 Å². The van der Waals surface area contributed by atoms with Crippen LogP contribution in [0.4, 0.5) is 0 Å². The van der Waals surface area contributed by atoms with Crippen molar-refractivity contribution in [1.29, 1.82) is 0 Å². The number of amides is 1. The first-order valence-electron chi connectivity index (χ1n) is 8.67. The Bertz CT molecular complexity index is 870. The van der Waals surface area contributed by atoms with Gasteiger partial charge >= 0.3 is 0 Å². The summed E-state index contributed by atoms with van der Waals surface area (Å²) in [6.45, 7) is 8.10. The summed E-state index contributed by atoms with van der Waals surface area (Å²) in [5.41, 5.74) is 2.81. The summed E-state index contributed by atoms with van der Waals surface area (Å²) in [4.78, 5) is 21.7. The molecule has 0 aliphatic carbocycles. The van der Waals surface area contributed by atoms with E-state index in [9.17, 15) is 4.79 Å². The molecule has 3 aromatic rings. The van der Waals surface area contributed by atoms with E-state index in [2.05, 4.69) is 34.8 Å². The second-order valence-corrected chi connectivity index (χ2v) is 6.63. The molecule has 5 nitrogen and oxygen atoms in total. The van der Waals surface area contributed by atoms with Crippen molar-refractivity contribution in [3.8, 4) is 0 Å². The van der Waals surface area contributed by atoms with Crippen LogP contribution in [0.2, 0.25) is 0 Å². The molecule has 0 aliphatic rings. The number of nitrogens with one attached hydrogen (secondary N) is 1. The second-order valence-electron chi connectivity index (χ2n) is 6.63. The number of hydrogen-bond acceptors (Lipinski definition) is 3. The molecular formula is C20H24N4O. The second kappa shape index (κ2) is 7.05. The monoisotopic (exact) mass is 336 g/mol. The number of fused-ring (bicyclic) bond motifs is 1. The van der Waals surface area contributed by atoms with E-state index in [0.29, 0.717) is 0 Å². The van der Waals surface area contributed by atoms with Crippen LogP contribution in [0.25, 0.3) is 11.0 Å². The summed E-state index contributed by atoms with van der Waals surface area (Å²) in [7, 11) is 0. The Morgan fingerprint density at radius 2 is 1.76 bits per heavy atom. The van der Waals surface area contributed by atoms with Gasteiger partial charge in [0.2, 0.25) is 5.91 Å². The predicted octanol–water partition coefficient (Wildman–Crippen LogP) is 3.99. The van der Waals surface area contributed by atoms with Crippen molar-refractivity contribution in [2.45, 2.75) is 45.7 Å². The van der Waals surface area contributed by atoms with Gasteiger partial charge in [-0.05, 0) is 52.0 Å². The van der Waals surface area contributed by atoms with E-state index in [4.69, 9.17) is 4.98 Å². The first-order chi connectivity index (χ1) is 12.0. The topological polar surface area (TPSA) is 59.8 Å². The molecule has 1 aromatic carbocycles. The van der Waals surface area contributed by atoms with Crippen LogP contribution in [-0.2, 0) is 4.79 Å². The van der Waals surface area contributed by atoms with Gasteiger partial charge in [0.1, 0.15) is 5.82 Å². The summed E-state index contributed by atoms with van der Waals surface area (Å²) in [5.74, 6) is 0.520. The number of aromatic nitrogens is 3. The molecule has 0 saturated carbocycles. The van der Waals surface area contributed by atoms with Crippen LogP contribution in [0, 0.1) is 0 Å². The van der Waals surface area contributed by atoms with E-state index in [0.717, 1.165) is 22.6 Å². The highest BCUT2D eigenvalue weighted by atomic mass is 16.1. The number of pyridine rings is 1. The number of imidazole rings is 1. The van der Waals surface area contributed by atoms with Crippen LogP contribution in [0.5, 0.6) is 0 Å². The van der Waals surface area contributed by atoms with E-state index in [1.807, 2.05) is 50.2 Å². The minimum atomic E-state index is -0.305. The highest BCUT2D eigenvalue weighted by Gasteiger charge is 2.23. The molecule has 2 heterocycles. The fraction of sp³-hybridized carbons (Fsp3) is 0.350. The van der Waals surface area contributed by atoms with Crippen molar-refractivity contribution in [3.63, 3.8) is 0 Å². The van der Waals surface area contributed by atoms with Gasteiger partial charge in [0, 0.05) is 12.2 Å². The molecule has 2 atom stereocenters. The molecule has 0 bridgehead atoms. The third-order valence-corrected chi connectivity index (χ3v) is 4.41. The maximum atomic E-state index is 12.6. The Morgan fingerprint density at radius 3 is 2.44 bits per heavy atom.